The summed E-state index contributed by atoms with van der Waals surface area (Å²) >= 11 is 0. The molecule has 0 aliphatic heterocycles. The van der Waals surface area contributed by atoms with Gasteiger partial charge >= 0.3 is 0 Å². The molecule has 0 heterocycles. The van der Waals surface area contributed by atoms with E-state index in [1.54, 1.807) is 0 Å². The summed E-state index contributed by atoms with van der Waals surface area (Å²) in [6.45, 7) is 0.829. The van der Waals surface area contributed by atoms with Crippen molar-refractivity contribution in [3.63, 3.8) is 0 Å². The maximum Gasteiger partial charge on any atom is 0.0674 e. The van der Waals surface area contributed by atoms with Crippen molar-refractivity contribution in [2.24, 2.45) is 11.5 Å². The van der Waals surface area contributed by atoms with Crippen LogP contribution >= 0.6 is 0 Å². The third kappa shape index (κ3) is 3.72. The Morgan fingerprint density at radius 3 is 2.14 bits per heavy atom. The second kappa shape index (κ2) is 4.05. The minimum atomic E-state index is -0.398. The fourth-order valence-electron chi connectivity index (χ4n) is 0.310. The van der Waals surface area contributed by atoms with Crippen molar-refractivity contribution < 1.29 is 5.11 Å². The summed E-state index contributed by atoms with van der Waals surface area (Å²) in [6.07, 6.45) is 0.209. The maximum atomic E-state index is 8.65. The van der Waals surface area contributed by atoms with Gasteiger partial charge in [-0.05, 0) is 13.0 Å². The number of aliphatic hydroxyl groups excluding tert-OH is 1. The van der Waals surface area contributed by atoms with Gasteiger partial charge in [-0.25, -0.2) is 0 Å². The zero-order valence-electron chi connectivity index (χ0n) is 4.30. The Morgan fingerprint density at radius 2 is 2.00 bits per heavy atom. The molecule has 0 aromatic carbocycles. The van der Waals surface area contributed by atoms with Crippen LogP contribution in [-0.4, -0.2) is 24.3 Å². The molecular formula is C4H12N2O. The maximum absolute atomic E-state index is 8.65. The molecule has 0 fully saturated rings. The topological polar surface area (TPSA) is 72.3 Å². The average Bonchev–Trinajstić information content (AvgIpc) is 1.68. The van der Waals surface area contributed by atoms with Crippen LogP contribution in [-0.2, 0) is 0 Å². The first-order valence-corrected chi connectivity index (χ1v) is 2.39. The Morgan fingerprint density at radius 1 is 1.43 bits per heavy atom. The molecule has 0 radical (unpaired) electrons. The Bertz CT molecular complexity index is 40.7. The second-order valence-electron chi connectivity index (χ2n) is 1.47. The van der Waals surface area contributed by atoms with Crippen LogP contribution in [0.2, 0.25) is 0 Å². The summed E-state index contributed by atoms with van der Waals surface area (Å²) < 4.78 is 0. The molecule has 7 heavy (non-hydrogen) atoms. The van der Waals surface area contributed by atoms with Gasteiger partial charge in [0, 0.05) is 6.54 Å². The number of hydrogen-bond acceptors (Lipinski definition) is 3. The first-order valence-electron chi connectivity index (χ1n) is 2.39. The van der Waals surface area contributed by atoms with Crippen molar-refractivity contribution in [1.82, 2.24) is 0 Å². The highest BCUT2D eigenvalue weighted by atomic mass is 16.3. The van der Waals surface area contributed by atoms with E-state index >= 15 is 0 Å². The lowest BCUT2D eigenvalue weighted by Gasteiger charge is -2.01. The standard InChI is InChI=1S/C4H12N2O/c5-2-1-4(7)3-6/h4,7H,1-3,5-6H2/t4-/m1/s1. The van der Waals surface area contributed by atoms with Crippen LogP contribution in [0.5, 0.6) is 0 Å². The van der Waals surface area contributed by atoms with Crippen LogP contribution in [0.1, 0.15) is 6.42 Å². The first-order chi connectivity index (χ1) is 3.31. The van der Waals surface area contributed by atoms with E-state index in [1.165, 1.54) is 0 Å². The van der Waals surface area contributed by atoms with Crippen LogP contribution in [0, 0.1) is 0 Å². The summed E-state index contributed by atoms with van der Waals surface area (Å²) in [5.41, 5.74) is 10.1. The van der Waals surface area contributed by atoms with E-state index in [2.05, 4.69) is 0 Å². The monoisotopic (exact) mass is 104 g/mol. The molecule has 0 amide bonds. The van der Waals surface area contributed by atoms with Crippen molar-refractivity contribution in [2.75, 3.05) is 13.1 Å². The molecule has 0 aliphatic rings. The third-order valence-corrected chi connectivity index (χ3v) is 0.772. The minimum absolute atomic E-state index is 0.317. The van der Waals surface area contributed by atoms with Crippen LogP contribution < -0.4 is 11.5 Å². The molecule has 0 bridgehead atoms. The highest BCUT2D eigenvalue weighted by Crippen LogP contribution is 1.81. The first kappa shape index (κ1) is 6.88. The number of rotatable bonds is 3. The molecule has 3 heteroatoms. The second-order valence-corrected chi connectivity index (χ2v) is 1.47. The zero-order valence-corrected chi connectivity index (χ0v) is 4.30. The largest absolute Gasteiger partial charge is 0.392 e. The average molecular weight is 104 g/mol. The fourth-order valence-corrected chi connectivity index (χ4v) is 0.310. The van der Waals surface area contributed by atoms with E-state index in [0.29, 0.717) is 19.5 Å². The van der Waals surface area contributed by atoms with Gasteiger partial charge in [-0.1, -0.05) is 0 Å². The molecule has 5 N–H and O–H groups in total. The molecule has 3 nitrogen and oxygen atoms in total. The van der Waals surface area contributed by atoms with Gasteiger partial charge in [0.15, 0.2) is 0 Å². The lowest BCUT2D eigenvalue weighted by atomic mass is 10.3. The van der Waals surface area contributed by atoms with Crippen LogP contribution in [0.15, 0.2) is 0 Å². The molecule has 0 unspecified atom stereocenters. The van der Waals surface area contributed by atoms with Gasteiger partial charge in [0.05, 0.1) is 6.10 Å². The number of hydrogen-bond donors (Lipinski definition) is 3. The molecule has 0 aromatic rings. The quantitative estimate of drug-likeness (QED) is 0.414. The molecule has 0 rings (SSSR count). The lowest BCUT2D eigenvalue weighted by molar-refractivity contribution is 0.175. The van der Waals surface area contributed by atoms with E-state index in [9.17, 15) is 0 Å². The molecule has 44 valence electrons. The smallest absolute Gasteiger partial charge is 0.0674 e. The van der Waals surface area contributed by atoms with E-state index in [0.717, 1.165) is 0 Å². The van der Waals surface area contributed by atoms with Crippen molar-refractivity contribution in [2.45, 2.75) is 12.5 Å². The number of nitrogens with two attached hydrogens (primary N) is 2. The highest BCUT2D eigenvalue weighted by Gasteiger charge is 1.95. The summed E-state index contributed by atoms with van der Waals surface area (Å²) in [4.78, 5) is 0. The predicted octanol–water partition coefficient (Wildman–Crippen LogP) is -1.35. The molecule has 1 atom stereocenters. The normalized spacial score (nSPS) is 14.1. The lowest BCUT2D eigenvalue weighted by Crippen LogP contribution is -2.22. The molecular weight excluding hydrogens is 92.1 g/mol. The van der Waals surface area contributed by atoms with Crippen LogP contribution in [0.4, 0.5) is 0 Å². The van der Waals surface area contributed by atoms with Gasteiger partial charge in [-0.15, -0.1) is 0 Å². The zero-order chi connectivity index (χ0) is 5.70. The van der Waals surface area contributed by atoms with E-state index in [-0.39, 0.29) is 0 Å². The molecule has 0 aliphatic carbocycles. The molecule has 0 saturated carbocycles. The van der Waals surface area contributed by atoms with Gasteiger partial charge in [0.1, 0.15) is 0 Å². The van der Waals surface area contributed by atoms with E-state index < -0.39 is 6.10 Å². The summed E-state index contributed by atoms with van der Waals surface area (Å²) in [5.74, 6) is 0. The molecule has 0 saturated heterocycles. The van der Waals surface area contributed by atoms with Gasteiger partial charge in [0.25, 0.3) is 0 Å². The Balaban J connectivity index is 2.83. The van der Waals surface area contributed by atoms with Crippen LogP contribution in [0.25, 0.3) is 0 Å². The fraction of sp³-hybridized carbons (Fsp3) is 1.00. The number of aliphatic hydroxyl groups is 1. The summed E-state index contributed by atoms with van der Waals surface area (Å²) in [6, 6.07) is 0. The summed E-state index contributed by atoms with van der Waals surface area (Å²) in [5, 5.41) is 8.65. The summed E-state index contributed by atoms with van der Waals surface area (Å²) in [7, 11) is 0. The van der Waals surface area contributed by atoms with E-state index in [1.807, 2.05) is 0 Å². The van der Waals surface area contributed by atoms with Crippen molar-refractivity contribution in [1.29, 1.82) is 0 Å². The Hall–Kier alpha value is -0.120. The minimum Gasteiger partial charge on any atom is -0.392 e. The Labute approximate surface area is 43.3 Å². The van der Waals surface area contributed by atoms with Gasteiger partial charge < -0.3 is 16.6 Å². The van der Waals surface area contributed by atoms with Crippen molar-refractivity contribution in [3.05, 3.63) is 0 Å². The van der Waals surface area contributed by atoms with Crippen molar-refractivity contribution in [3.8, 4) is 0 Å². The van der Waals surface area contributed by atoms with Gasteiger partial charge in [-0.3, -0.25) is 0 Å². The third-order valence-electron chi connectivity index (χ3n) is 0.772. The van der Waals surface area contributed by atoms with Gasteiger partial charge in [0.2, 0.25) is 0 Å². The highest BCUT2D eigenvalue weighted by molar-refractivity contribution is 4.53. The molecule has 0 aromatic heterocycles. The van der Waals surface area contributed by atoms with E-state index in [4.69, 9.17) is 16.6 Å². The van der Waals surface area contributed by atoms with Crippen LogP contribution in [0.3, 0.4) is 0 Å². The SMILES string of the molecule is NCC[C@@H](O)CN. The van der Waals surface area contributed by atoms with Gasteiger partial charge in [-0.2, -0.15) is 0 Å². The predicted molar refractivity (Wildman–Crippen MR) is 28.7 cm³/mol. The Kier molecular flexibility index (Phi) is 3.98. The molecule has 0 spiro atoms. The van der Waals surface area contributed by atoms with Crippen molar-refractivity contribution >= 4 is 0 Å².